The number of aromatic nitrogens is 3. The Morgan fingerprint density at radius 2 is 2.19 bits per heavy atom. The van der Waals surface area contributed by atoms with Crippen LogP contribution in [-0.2, 0) is 5.41 Å². The Hall–Kier alpha value is -1.20. The minimum absolute atomic E-state index is 0.0995. The van der Waals surface area contributed by atoms with E-state index in [2.05, 4.69) is 47.9 Å². The van der Waals surface area contributed by atoms with Gasteiger partial charge in [-0.3, -0.25) is 0 Å². The average Bonchev–Trinajstić information content (AvgIpc) is 2.96. The average molecular weight is 304 g/mol. The molecule has 1 aliphatic rings. The molecule has 1 atom stereocenters. The van der Waals surface area contributed by atoms with Crippen LogP contribution in [0.1, 0.15) is 69.0 Å². The molecule has 0 spiro atoms. The van der Waals surface area contributed by atoms with Gasteiger partial charge in [0.25, 0.3) is 0 Å². The van der Waals surface area contributed by atoms with Gasteiger partial charge < -0.3 is 9.88 Å². The first kappa shape index (κ1) is 14.7. The highest BCUT2D eigenvalue weighted by atomic mass is 32.1. The molecule has 21 heavy (non-hydrogen) atoms. The molecule has 0 bridgehead atoms. The molecular weight excluding hydrogens is 280 g/mol. The maximum absolute atomic E-state index is 4.89. The van der Waals surface area contributed by atoms with Gasteiger partial charge in [-0.2, -0.15) is 0 Å². The van der Waals surface area contributed by atoms with E-state index in [1.807, 2.05) is 12.5 Å². The van der Waals surface area contributed by atoms with Gasteiger partial charge in [0.1, 0.15) is 11.0 Å². The number of imidazole rings is 1. The Balaban J connectivity index is 1.94. The highest BCUT2D eigenvalue weighted by Gasteiger charge is 2.30. The lowest BCUT2D eigenvalue weighted by atomic mass is 9.93. The minimum Gasteiger partial charge on any atom is -0.330 e. The summed E-state index contributed by atoms with van der Waals surface area (Å²) in [5.41, 5.74) is 2.51. The van der Waals surface area contributed by atoms with Gasteiger partial charge >= 0.3 is 0 Å². The molecule has 0 aromatic carbocycles. The van der Waals surface area contributed by atoms with Crippen LogP contribution in [0.5, 0.6) is 0 Å². The summed E-state index contributed by atoms with van der Waals surface area (Å²) in [6.45, 7) is 9.70. The smallest absolute Gasteiger partial charge is 0.116 e. The molecule has 2 aromatic heterocycles. The molecule has 1 saturated carbocycles. The summed E-state index contributed by atoms with van der Waals surface area (Å²) in [5.74, 6) is 0. The number of thiazole rings is 1. The first-order chi connectivity index (χ1) is 10.0. The van der Waals surface area contributed by atoms with Crippen molar-refractivity contribution in [2.75, 3.05) is 6.54 Å². The predicted molar refractivity (Wildman–Crippen MR) is 86.8 cm³/mol. The molecule has 0 radical (unpaired) electrons. The fraction of sp³-hybridized carbons (Fsp3) is 0.625. The monoisotopic (exact) mass is 304 g/mol. The minimum atomic E-state index is 0.0995. The third kappa shape index (κ3) is 3.04. The maximum atomic E-state index is 4.89. The van der Waals surface area contributed by atoms with Gasteiger partial charge in [-0.1, -0.05) is 27.7 Å². The van der Waals surface area contributed by atoms with Crippen molar-refractivity contribution in [3.05, 3.63) is 34.3 Å². The third-order valence-corrected chi connectivity index (χ3v) is 4.79. The zero-order valence-electron chi connectivity index (χ0n) is 13.3. The Morgan fingerprint density at radius 3 is 2.76 bits per heavy atom. The molecule has 2 aromatic rings. The van der Waals surface area contributed by atoms with E-state index in [1.54, 1.807) is 11.3 Å². The number of hydrogen-bond donors (Lipinski definition) is 1. The standard InChI is InChI=1S/C16H24N4S/c1-5-18-14(12-8-17-10-20(12)11-6-7-11)15-19-13(9-21-15)16(2,3)4/h8-11,14,18H,5-7H2,1-4H3. The molecule has 1 unspecified atom stereocenters. The van der Waals surface area contributed by atoms with Crippen molar-refractivity contribution in [3.8, 4) is 0 Å². The highest BCUT2D eigenvalue weighted by Crippen LogP contribution is 2.38. The largest absolute Gasteiger partial charge is 0.330 e. The fourth-order valence-electron chi connectivity index (χ4n) is 2.48. The van der Waals surface area contributed by atoms with Crippen molar-refractivity contribution < 1.29 is 0 Å². The van der Waals surface area contributed by atoms with Gasteiger partial charge in [0.2, 0.25) is 0 Å². The molecule has 0 amide bonds. The number of hydrogen-bond acceptors (Lipinski definition) is 4. The van der Waals surface area contributed by atoms with Crippen molar-refractivity contribution in [2.24, 2.45) is 0 Å². The van der Waals surface area contributed by atoms with Crippen molar-refractivity contribution in [3.63, 3.8) is 0 Å². The predicted octanol–water partition coefficient (Wildman–Crippen LogP) is 3.67. The van der Waals surface area contributed by atoms with Crippen LogP contribution < -0.4 is 5.32 Å². The topological polar surface area (TPSA) is 42.7 Å². The van der Waals surface area contributed by atoms with Crippen molar-refractivity contribution >= 4 is 11.3 Å². The van der Waals surface area contributed by atoms with E-state index in [0.29, 0.717) is 6.04 Å². The van der Waals surface area contributed by atoms with Gasteiger partial charge in [-0.25, -0.2) is 9.97 Å². The first-order valence-corrected chi connectivity index (χ1v) is 8.59. The van der Waals surface area contributed by atoms with E-state index < -0.39 is 0 Å². The third-order valence-electron chi connectivity index (χ3n) is 3.88. The normalized spacial score (nSPS) is 17.1. The van der Waals surface area contributed by atoms with Crippen molar-refractivity contribution in [1.82, 2.24) is 19.9 Å². The Morgan fingerprint density at radius 1 is 1.43 bits per heavy atom. The van der Waals surface area contributed by atoms with Crippen LogP contribution in [0.25, 0.3) is 0 Å². The van der Waals surface area contributed by atoms with E-state index in [9.17, 15) is 0 Å². The number of rotatable bonds is 5. The summed E-state index contributed by atoms with van der Waals surface area (Å²) in [6.07, 6.45) is 6.50. The fourth-order valence-corrected chi connectivity index (χ4v) is 3.61. The first-order valence-electron chi connectivity index (χ1n) is 7.71. The quantitative estimate of drug-likeness (QED) is 0.916. The lowest BCUT2D eigenvalue weighted by molar-refractivity contribution is 0.547. The summed E-state index contributed by atoms with van der Waals surface area (Å²) in [6, 6.07) is 0.796. The van der Waals surface area contributed by atoms with Gasteiger partial charge in [0.15, 0.2) is 0 Å². The summed E-state index contributed by atoms with van der Waals surface area (Å²) < 4.78 is 2.32. The van der Waals surface area contributed by atoms with E-state index in [0.717, 1.165) is 11.6 Å². The molecule has 3 rings (SSSR count). The molecule has 5 heteroatoms. The molecular formula is C16H24N4S. The van der Waals surface area contributed by atoms with Crippen LogP contribution in [0, 0.1) is 0 Å². The number of nitrogens with one attached hydrogen (secondary N) is 1. The molecule has 2 heterocycles. The van der Waals surface area contributed by atoms with Crippen molar-refractivity contribution in [2.45, 2.75) is 58.0 Å². The van der Waals surface area contributed by atoms with E-state index >= 15 is 0 Å². The van der Waals surface area contributed by atoms with Gasteiger partial charge in [-0.15, -0.1) is 11.3 Å². The Bertz CT molecular complexity index is 604. The second kappa shape index (κ2) is 5.54. The zero-order valence-corrected chi connectivity index (χ0v) is 14.1. The summed E-state index contributed by atoms with van der Waals surface area (Å²) in [5, 5.41) is 6.91. The van der Waals surface area contributed by atoms with Crippen molar-refractivity contribution in [1.29, 1.82) is 0 Å². The molecule has 1 N–H and O–H groups in total. The van der Waals surface area contributed by atoms with Gasteiger partial charge in [0.05, 0.1) is 23.9 Å². The number of nitrogens with zero attached hydrogens (tertiary/aromatic N) is 3. The van der Waals surface area contributed by atoms with Gasteiger partial charge in [0, 0.05) is 16.8 Å². The van der Waals surface area contributed by atoms with Crippen LogP contribution in [0.2, 0.25) is 0 Å². The van der Waals surface area contributed by atoms with Crippen LogP contribution in [0.15, 0.2) is 17.9 Å². The lowest BCUT2D eigenvalue weighted by Gasteiger charge is -2.18. The molecule has 114 valence electrons. The second-order valence-corrected chi connectivity index (χ2v) is 7.66. The zero-order chi connectivity index (χ0) is 15.0. The highest BCUT2D eigenvalue weighted by molar-refractivity contribution is 7.09. The molecule has 1 fully saturated rings. The van der Waals surface area contributed by atoms with Gasteiger partial charge in [-0.05, 0) is 19.4 Å². The van der Waals surface area contributed by atoms with E-state index in [-0.39, 0.29) is 11.5 Å². The Labute approximate surface area is 130 Å². The van der Waals surface area contributed by atoms with Crippen LogP contribution in [0.3, 0.4) is 0 Å². The molecule has 0 aliphatic heterocycles. The summed E-state index contributed by atoms with van der Waals surface area (Å²) in [7, 11) is 0. The molecule has 1 aliphatic carbocycles. The Kier molecular flexibility index (Phi) is 3.88. The SMILES string of the molecule is CCNC(c1nc(C(C)(C)C)cs1)c1cncn1C1CC1. The van der Waals surface area contributed by atoms with Crippen LogP contribution >= 0.6 is 11.3 Å². The summed E-state index contributed by atoms with van der Waals surface area (Å²) in [4.78, 5) is 9.26. The van der Waals surface area contributed by atoms with Crippen LogP contribution in [-0.4, -0.2) is 21.1 Å². The summed E-state index contributed by atoms with van der Waals surface area (Å²) >= 11 is 1.75. The van der Waals surface area contributed by atoms with E-state index in [4.69, 9.17) is 4.98 Å². The van der Waals surface area contributed by atoms with E-state index in [1.165, 1.54) is 24.2 Å². The maximum Gasteiger partial charge on any atom is 0.116 e. The van der Waals surface area contributed by atoms with Crippen LogP contribution in [0.4, 0.5) is 0 Å². The lowest BCUT2D eigenvalue weighted by Crippen LogP contribution is -2.24. The second-order valence-electron chi connectivity index (χ2n) is 6.77. The molecule has 0 saturated heterocycles. The molecule has 4 nitrogen and oxygen atoms in total.